The van der Waals surface area contributed by atoms with E-state index in [1.165, 1.54) is 4.88 Å². The molecule has 1 atom stereocenters. The summed E-state index contributed by atoms with van der Waals surface area (Å²) in [4.78, 5) is 14.1. The average molecular weight is 261 g/mol. The molecule has 1 aliphatic rings. The van der Waals surface area contributed by atoms with Crippen molar-refractivity contribution in [1.82, 2.24) is 10.2 Å². The number of amides is 2. The van der Waals surface area contributed by atoms with E-state index >= 15 is 0 Å². The number of likely N-dealkylation sites (N-methyl/N-ethyl adjacent to an activating group) is 1. The summed E-state index contributed by atoms with van der Waals surface area (Å²) in [7, 11) is 1.82. The molecule has 1 saturated heterocycles. The molecular weight excluding hydrogens is 252 g/mol. The topological polar surface area (TPSA) is 32.3 Å². The number of urea groups is 1. The molecule has 2 amide bonds. The Hall–Kier alpha value is -0.550. The summed E-state index contributed by atoms with van der Waals surface area (Å²) in [5.41, 5.74) is 0. The third kappa shape index (κ3) is 1.58. The fraction of sp³-hybridized carbons (Fsp3) is 0.375. The fourth-order valence-corrected chi connectivity index (χ4v) is 2.95. The summed E-state index contributed by atoms with van der Waals surface area (Å²) in [6.45, 7) is 0.711. The Labute approximate surface area is 88.9 Å². The van der Waals surface area contributed by atoms with E-state index < -0.39 is 0 Å². The van der Waals surface area contributed by atoms with Gasteiger partial charge in [0.05, 0.1) is 9.83 Å². The highest BCUT2D eigenvalue weighted by atomic mass is 79.9. The molecule has 0 saturated carbocycles. The Kier molecular flexibility index (Phi) is 2.29. The van der Waals surface area contributed by atoms with Crippen LogP contribution in [0.2, 0.25) is 0 Å². The van der Waals surface area contributed by atoms with Gasteiger partial charge < -0.3 is 10.2 Å². The van der Waals surface area contributed by atoms with Crippen LogP contribution in [0.25, 0.3) is 0 Å². The Balaban J connectivity index is 2.23. The SMILES string of the molecule is CN1C(=O)NCC1c1ccc(Br)s1. The van der Waals surface area contributed by atoms with Gasteiger partial charge in [0.2, 0.25) is 0 Å². The lowest BCUT2D eigenvalue weighted by Gasteiger charge is -2.15. The standard InChI is InChI=1S/C8H9BrN2OS/c1-11-5(4-10-8(11)12)6-2-3-7(9)13-6/h2-3,5H,4H2,1H3,(H,10,12). The number of thiophene rings is 1. The van der Waals surface area contributed by atoms with E-state index in [9.17, 15) is 4.79 Å². The third-order valence-electron chi connectivity index (χ3n) is 2.16. The molecule has 1 unspecified atom stereocenters. The molecule has 0 aliphatic carbocycles. The number of nitrogens with zero attached hydrogens (tertiary/aromatic N) is 1. The molecule has 70 valence electrons. The first-order valence-corrected chi connectivity index (χ1v) is 5.55. The van der Waals surface area contributed by atoms with Crippen LogP contribution in [0.5, 0.6) is 0 Å². The maximum Gasteiger partial charge on any atom is 0.317 e. The van der Waals surface area contributed by atoms with Crippen LogP contribution in [-0.2, 0) is 0 Å². The summed E-state index contributed by atoms with van der Waals surface area (Å²) < 4.78 is 1.11. The predicted octanol–water partition coefficient (Wildman–Crippen LogP) is 2.21. The number of halogens is 1. The van der Waals surface area contributed by atoms with Gasteiger partial charge in [0.25, 0.3) is 0 Å². The second-order valence-corrected chi connectivity index (χ2v) is 5.45. The van der Waals surface area contributed by atoms with Crippen molar-refractivity contribution in [3.63, 3.8) is 0 Å². The molecule has 2 heterocycles. The average Bonchev–Trinajstić information content (AvgIpc) is 2.62. The minimum absolute atomic E-state index is 0.00882. The first kappa shape index (κ1) is 9.02. The van der Waals surface area contributed by atoms with Gasteiger partial charge in [-0.2, -0.15) is 0 Å². The molecule has 13 heavy (non-hydrogen) atoms. The molecule has 2 rings (SSSR count). The highest BCUT2D eigenvalue weighted by molar-refractivity contribution is 9.11. The maximum absolute atomic E-state index is 11.2. The maximum atomic E-state index is 11.2. The summed E-state index contributed by atoms with van der Waals surface area (Å²) in [5, 5.41) is 2.81. The summed E-state index contributed by atoms with van der Waals surface area (Å²) in [6, 6.07) is 4.27. The summed E-state index contributed by atoms with van der Waals surface area (Å²) in [5.74, 6) is 0. The Morgan fingerprint density at radius 3 is 2.92 bits per heavy atom. The van der Waals surface area contributed by atoms with Crippen molar-refractivity contribution < 1.29 is 4.79 Å². The van der Waals surface area contributed by atoms with Crippen molar-refractivity contribution in [2.45, 2.75) is 6.04 Å². The van der Waals surface area contributed by atoms with E-state index in [4.69, 9.17) is 0 Å². The van der Waals surface area contributed by atoms with Gasteiger partial charge in [0, 0.05) is 18.5 Å². The molecule has 1 N–H and O–H groups in total. The second kappa shape index (κ2) is 3.31. The van der Waals surface area contributed by atoms with Crippen LogP contribution in [0.4, 0.5) is 4.79 Å². The lowest BCUT2D eigenvalue weighted by Crippen LogP contribution is -2.24. The Morgan fingerprint density at radius 1 is 1.69 bits per heavy atom. The third-order valence-corrected chi connectivity index (χ3v) is 3.88. The van der Waals surface area contributed by atoms with Gasteiger partial charge in [-0.1, -0.05) is 0 Å². The molecule has 3 nitrogen and oxygen atoms in total. The van der Waals surface area contributed by atoms with Gasteiger partial charge in [0.1, 0.15) is 0 Å². The van der Waals surface area contributed by atoms with Crippen LogP contribution in [0, 0.1) is 0 Å². The molecule has 0 radical (unpaired) electrons. The minimum atomic E-state index is 0.00882. The van der Waals surface area contributed by atoms with Gasteiger partial charge >= 0.3 is 6.03 Å². The number of hydrogen-bond donors (Lipinski definition) is 1. The zero-order valence-corrected chi connectivity index (χ0v) is 9.48. The molecule has 1 aromatic heterocycles. The van der Waals surface area contributed by atoms with E-state index in [0.717, 1.165) is 3.79 Å². The largest absolute Gasteiger partial charge is 0.336 e. The van der Waals surface area contributed by atoms with Crippen molar-refractivity contribution in [3.8, 4) is 0 Å². The van der Waals surface area contributed by atoms with Gasteiger partial charge in [-0.25, -0.2) is 4.79 Å². The van der Waals surface area contributed by atoms with E-state index in [2.05, 4.69) is 27.3 Å². The smallest absolute Gasteiger partial charge is 0.317 e. The van der Waals surface area contributed by atoms with Crippen molar-refractivity contribution >= 4 is 33.3 Å². The molecule has 1 aliphatic heterocycles. The first-order valence-electron chi connectivity index (χ1n) is 3.94. The van der Waals surface area contributed by atoms with E-state index in [1.807, 2.05) is 13.1 Å². The van der Waals surface area contributed by atoms with Crippen LogP contribution < -0.4 is 5.32 Å². The van der Waals surface area contributed by atoms with Gasteiger partial charge in [-0.3, -0.25) is 0 Å². The van der Waals surface area contributed by atoms with E-state index in [0.29, 0.717) is 6.54 Å². The number of rotatable bonds is 1. The van der Waals surface area contributed by atoms with Gasteiger partial charge in [-0.15, -0.1) is 11.3 Å². The minimum Gasteiger partial charge on any atom is -0.336 e. The monoisotopic (exact) mass is 260 g/mol. The Morgan fingerprint density at radius 2 is 2.46 bits per heavy atom. The second-order valence-electron chi connectivity index (χ2n) is 2.95. The zero-order valence-electron chi connectivity index (χ0n) is 7.08. The molecule has 0 bridgehead atoms. The van der Waals surface area contributed by atoms with E-state index in [-0.39, 0.29) is 12.1 Å². The van der Waals surface area contributed by atoms with Crippen LogP contribution in [-0.4, -0.2) is 24.5 Å². The molecule has 0 spiro atoms. The van der Waals surface area contributed by atoms with Gasteiger partial charge in [-0.05, 0) is 28.1 Å². The fourth-order valence-electron chi connectivity index (χ4n) is 1.39. The molecule has 1 aromatic rings. The van der Waals surface area contributed by atoms with Crippen molar-refractivity contribution in [2.24, 2.45) is 0 Å². The highest BCUT2D eigenvalue weighted by Crippen LogP contribution is 2.31. The van der Waals surface area contributed by atoms with Gasteiger partial charge in [0.15, 0.2) is 0 Å². The number of hydrogen-bond acceptors (Lipinski definition) is 2. The molecule has 0 aromatic carbocycles. The summed E-state index contributed by atoms with van der Waals surface area (Å²) >= 11 is 5.08. The Bertz CT molecular complexity index is 339. The molecule has 1 fully saturated rings. The number of nitrogens with one attached hydrogen (secondary N) is 1. The van der Waals surface area contributed by atoms with Crippen LogP contribution in [0.15, 0.2) is 15.9 Å². The quantitative estimate of drug-likeness (QED) is 0.825. The molecule has 5 heteroatoms. The van der Waals surface area contributed by atoms with Crippen LogP contribution >= 0.6 is 27.3 Å². The normalized spacial score (nSPS) is 22.2. The highest BCUT2D eigenvalue weighted by Gasteiger charge is 2.29. The summed E-state index contributed by atoms with van der Waals surface area (Å²) in [6.07, 6.45) is 0. The number of carbonyl (C=O) groups excluding carboxylic acids is 1. The van der Waals surface area contributed by atoms with Crippen LogP contribution in [0.1, 0.15) is 10.9 Å². The van der Waals surface area contributed by atoms with Crippen molar-refractivity contribution in [2.75, 3.05) is 13.6 Å². The lowest BCUT2D eigenvalue weighted by molar-refractivity contribution is 0.217. The van der Waals surface area contributed by atoms with E-state index in [1.54, 1.807) is 16.2 Å². The predicted molar refractivity (Wildman–Crippen MR) is 55.9 cm³/mol. The lowest BCUT2D eigenvalue weighted by atomic mass is 10.2. The van der Waals surface area contributed by atoms with Crippen molar-refractivity contribution in [3.05, 3.63) is 20.8 Å². The molecular formula is C8H9BrN2OS. The van der Waals surface area contributed by atoms with Crippen molar-refractivity contribution in [1.29, 1.82) is 0 Å². The number of carbonyl (C=O) groups is 1. The zero-order chi connectivity index (χ0) is 9.42. The van der Waals surface area contributed by atoms with Crippen LogP contribution in [0.3, 0.4) is 0 Å². The first-order chi connectivity index (χ1) is 6.18.